The highest BCUT2D eigenvalue weighted by molar-refractivity contribution is 9.10. The molecule has 2 atom stereocenters. The lowest BCUT2D eigenvalue weighted by Crippen LogP contribution is -2.46. The van der Waals surface area contributed by atoms with Gasteiger partial charge in [-0.25, -0.2) is 0 Å². The van der Waals surface area contributed by atoms with Crippen LogP contribution in [0.25, 0.3) is 0 Å². The highest BCUT2D eigenvalue weighted by atomic mass is 79.9. The van der Waals surface area contributed by atoms with Crippen LogP contribution in [0.1, 0.15) is 59.1 Å². The molecule has 120 valence electrons. The predicted molar refractivity (Wildman–Crippen MR) is 96.4 cm³/mol. The van der Waals surface area contributed by atoms with E-state index in [4.69, 9.17) is 5.73 Å². The first-order valence-corrected chi connectivity index (χ1v) is 8.96. The monoisotopic (exact) mass is 354 g/mol. The predicted octanol–water partition coefficient (Wildman–Crippen LogP) is 4.98. The first kappa shape index (κ1) is 18.7. The minimum absolute atomic E-state index is 0.116. The summed E-state index contributed by atoms with van der Waals surface area (Å²) in [7, 11) is 0. The summed E-state index contributed by atoms with van der Waals surface area (Å²) >= 11 is 3.52. The number of benzene rings is 1. The van der Waals surface area contributed by atoms with E-state index in [0.717, 1.165) is 11.0 Å². The first-order valence-electron chi connectivity index (χ1n) is 8.17. The second-order valence-corrected chi connectivity index (χ2v) is 7.33. The third kappa shape index (κ3) is 5.39. The Kier molecular flexibility index (Phi) is 7.93. The molecule has 0 radical (unpaired) electrons. The zero-order chi connectivity index (χ0) is 16.0. The van der Waals surface area contributed by atoms with Crippen LogP contribution in [0.3, 0.4) is 0 Å². The van der Waals surface area contributed by atoms with Gasteiger partial charge in [-0.2, -0.15) is 0 Å². The third-order valence-corrected chi connectivity index (χ3v) is 4.58. The lowest BCUT2D eigenvalue weighted by Gasteiger charge is -2.41. The molecule has 2 unspecified atom stereocenters. The third-order valence-electron chi connectivity index (χ3n) is 4.05. The van der Waals surface area contributed by atoms with Gasteiger partial charge in [0.1, 0.15) is 0 Å². The zero-order valence-electron chi connectivity index (χ0n) is 14.1. The lowest BCUT2D eigenvalue weighted by molar-refractivity contribution is 0.0955. The molecule has 2 nitrogen and oxygen atoms in total. The minimum atomic E-state index is 0.116. The van der Waals surface area contributed by atoms with Gasteiger partial charge in [0, 0.05) is 29.1 Å². The Morgan fingerprint density at radius 1 is 1.05 bits per heavy atom. The zero-order valence-corrected chi connectivity index (χ0v) is 15.7. The van der Waals surface area contributed by atoms with Gasteiger partial charge in [-0.05, 0) is 43.4 Å². The van der Waals surface area contributed by atoms with Crippen molar-refractivity contribution in [1.82, 2.24) is 4.90 Å². The Morgan fingerprint density at radius 3 is 1.95 bits per heavy atom. The summed E-state index contributed by atoms with van der Waals surface area (Å²) in [6.45, 7) is 12.4. The van der Waals surface area contributed by atoms with Crippen LogP contribution >= 0.6 is 15.9 Å². The van der Waals surface area contributed by atoms with Crippen molar-refractivity contribution in [2.45, 2.75) is 65.6 Å². The summed E-state index contributed by atoms with van der Waals surface area (Å²) in [5.41, 5.74) is 7.70. The Morgan fingerprint density at radius 2 is 1.57 bits per heavy atom. The molecule has 21 heavy (non-hydrogen) atoms. The summed E-state index contributed by atoms with van der Waals surface area (Å²) in [4.78, 5) is 2.62. The highest BCUT2D eigenvalue weighted by Gasteiger charge is 2.28. The topological polar surface area (TPSA) is 29.3 Å². The Hall–Kier alpha value is -0.380. The van der Waals surface area contributed by atoms with E-state index in [0.29, 0.717) is 12.0 Å². The maximum absolute atomic E-state index is 6.38. The van der Waals surface area contributed by atoms with Crippen molar-refractivity contribution in [3.63, 3.8) is 0 Å². The molecule has 0 heterocycles. The molecule has 0 aromatic heterocycles. The average Bonchev–Trinajstić information content (AvgIpc) is 2.41. The van der Waals surface area contributed by atoms with Gasteiger partial charge in [0.2, 0.25) is 0 Å². The van der Waals surface area contributed by atoms with Gasteiger partial charge in [-0.15, -0.1) is 0 Å². The summed E-state index contributed by atoms with van der Waals surface area (Å²) in [5.74, 6) is 0.641. The maximum Gasteiger partial charge on any atom is 0.0499 e. The Balaban J connectivity index is 3.15. The van der Waals surface area contributed by atoms with Crippen LogP contribution in [0.4, 0.5) is 0 Å². The summed E-state index contributed by atoms with van der Waals surface area (Å²) in [6.07, 6.45) is 2.34. The molecular formula is C18H31BrN2. The van der Waals surface area contributed by atoms with Crippen molar-refractivity contribution in [1.29, 1.82) is 0 Å². The number of hydrogen-bond donors (Lipinski definition) is 1. The van der Waals surface area contributed by atoms with Crippen LogP contribution in [0.5, 0.6) is 0 Å². The van der Waals surface area contributed by atoms with Crippen LogP contribution in [0, 0.1) is 5.92 Å². The Labute approximate surface area is 139 Å². The van der Waals surface area contributed by atoms with Gasteiger partial charge < -0.3 is 5.73 Å². The van der Waals surface area contributed by atoms with Gasteiger partial charge in [-0.3, -0.25) is 4.90 Å². The van der Waals surface area contributed by atoms with E-state index in [9.17, 15) is 0 Å². The molecule has 0 saturated heterocycles. The summed E-state index contributed by atoms with van der Waals surface area (Å²) in [6, 6.07) is 9.63. The van der Waals surface area contributed by atoms with E-state index in [1.807, 2.05) is 0 Å². The van der Waals surface area contributed by atoms with Crippen molar-refractivity contribution in [3.8, 4) is 0 Å². The molecule has 0 aliphatic heterocycles. The minimum Gasteiger partial charge on any atom is -0.326 e. The van der Waals surface area contributed by atoms with Crippen LogP contribution in [-0.2, 0) is 0 Å². The van der Waals surface area contributed by atoms with Crippen LogP contribution < -0.4 is 5.73 Å². The molecule has 3 heteroatoms. The van der Waals surface area contributed by atoms with E-state index in [1.54, 1.807) is 0 Å². The number of rotatable bonds is 8. The second-order valence-electron chi connectivity index (χ2n) is 6.42. The smallest absolute Gasteiger partial charge is 0.0499 e. The first-order chi connectivity index (χ1) is 9.90. The fourth-order valence-electron chi connectivity index (χ4n) is 3.13. The Bertz CT molecular complexity index is 396. The maximum atomic E-state index is 6.38. The molecule has 0 spiro atoms. The molecule has 0 aliphatic rings. The number of nitrogens with zero attached hydrogens (tertiary/aromatic N) is 1. The van der Waals surface area contributed by atoms with Crippen LogP contribution in [0.2, 0.25) is 0 Å². The van der Waals surface area contributed by atoms with E-state index in [-0.39, 0.29) is 12.1 Å². The second kappa shape index (κ2) is 8.92. The standard InChI is InChI=1S/C18H31BrN2/c1-6-17(7-2)21(12-13(3)4)18(14(5)20)15-8-10-16(19)11-9-15/h8-11,13-14,17-18H,6-7,12,20H2,1-5H3. The van der Waals surface area contributed by atoms with Crippen molar-refractivity contribution in [3.05, 3.63) is 34.3 Å². The summed E-state index contributed by atoms with van der Waals surface area (Å²) < 4.78 is 1.12. The fourth-order valence-corrected chi connectivity index (χ4v) is 3.39. The van der Waals surface area contributed by atoms with Crippen molar-refractivity contribution in [2.24, 2.45) is 11.7 Å². The van der Waals surface area contributed by atoms with Gasteiger partial charge in [0.05, 0.1) is 0 Å². The molecule has 0 saturated carbocycles. The van der Waals surface area contributed by atoms with Crippen molar-refractivity contribution >= 4 is 15.9 Å². The van der Waals surface area contributed by atoms with Gasteiger partial charge >= 0.3 is 0 Å². The van der Waals surface area contributed by atoms with Crippen LogP contribution in [-0.4, -0.2) is 23.5 Å². The normalized spacial score (nSPS) is 15.0. The molecule has 0 bridgehead atoms. The molecule has 0 aliphatic carbocycles. The molecule has 1 rings (SSSR count). The van der Waals surface area contributed by atoms with Gasteiger partial charge in [0.15, 0.2) is 0 Å². The van der Waals surface area contributed by atoms with E-state index in [2.05, 4.69) is 79.7 Å². The molecule has 0 amide bonds. The van der Waals surface area contributed by atoms with E-state index < -0.39 is 0 Å². The largest absolute Gasteiger partial charge is 0.326 e. The van der Waals surface area contributed by atoms with Gasteiger partial charge in [0.25, 0.3) is 0 Å². The lowest BCUT2D eigenvalue weighted by atomic mass is 9.94. The highest BCUT2D eigenvalue weighted by Crippen LogP contribution is 2.29. The summed E-state index contributed by atoms with van der Waals surface area (Å²) in [5, 5.41) is 0. The molecule has 1 aromatic carbocycles. The SMILES string of the molecule is CCC(CC)N(CC(C)C)C(c1ccc(Br)cc1)C(C)N. The van der Waals surface area contributed by atoms with Crippen molar-refractivity contribution in [2.75, 3.05) is 6.54 Å². The molecule has 1 aromatic rings. The number of nitrogens with two attached hydrogens (primary N) is 1. The quantitative estimate of drug-likeness (QED) is 0.712. The average molecular weight is 355 g/mol. The molecule has 0 fully saturated rings. The van der Waals surface area contributed by atoms with Crippen molar-refractivity contribution < 1.29 is 0 Å². The number of hydrogen-bond acceptors (Lipinski definition) is 2. The van der Waals surface area contributed by atoms with E-state index >= 15 is 0 Å². The van der Waals surface area contributed by atoms with Gasteiger partial charge in [-0.1, -0.05) is 55.8 Å². The van der Waals surface area contributed by atoms with Crippen LogP contribution in [0.15, 0.2) is 28.7 Å². The number of halogens is 1. The molecule has 2 N–H and O–H groups in total. The fraction of sp³-hybridized carbons (Fsp3) is 0.667. The molecular weight excluding hydrogens is 324 g/mol. The van der Waals surface area contributed by atoms with E-state index in [1.165, 1.54) is 18.4 Å².